The Hall–Kier alpha value is -12.0. The van der Waals surface area contributed by atoms with Gasteiger partial charge >= 0.3 is 0 Å². The van der Waals surface area contributed by atoms with Crippen molar-refractivity contribution in [2.24, 2.45) is 5.84 Å². The van der Waals surface area contributed by atoms with Crippen LogP contribution in [0.2, 0.25) is 5.15 Å². The molecule has 2 unspecified atom stereocenters. The molecule has 10 aromatic rings. The van der Waals surface area contributed by atoms with E-state index in [1.807, 2.05) is 74.0 Å². The number of hydrazine groups is 1. The number of hydrogen-bond donors (Lipinski definition) is 10. The van der Waals surface area contributed by atoms with E-state index < -0.39 is 6.10 Å². The molecule has 10 aromatic heterocycles. The number of nitrogens with zero attached hydrogens (tertiary/aromatic N) is 16. The summed E-state index contributed by atoms with van der Waals surface area (Å²) in [7, 11) is 4.01. The van der Waals surface area contributed by atoms with Crippen molar-refractivity contribution in [1.82, 2.24) is 79.7 Å². The number of aryl methyl sites for hydroxylation is 3. The van der Waals surface area contributed by atoms with Crippen molar-refractivity contribution < 1.29 is 33.9 Å². The summed E-state index contributed by atoms with van der Waals surface area (Å²) >= 11 is 9.30. The fourth-order valence-electron chi connectivity index (χ4n) is 9.43. The summed E-state index contributed by atoms with van der Waals surface area (Å²) in [5.41, 5.74) is 33.7. The van der Waals surface area contributed by atoms with E-state index in [-0.39, 0.29) is 42.1 Å². The van der Waals surface area contributed by atoms with E-state index in [1.165, 1.54) is 18.6 Å². The average Bonchev–Trinajstić information content (AvgIpc) is 0.844. The van der Waals surface area contributed by atoms with E-state index in [4.69, 9.17) is 76.9 Å². The Morgan fingerprint density at radius 3 is 1.45 bits per heavy atom. The summed E-state index contributed by atoms with van der Waals surface area (Å²) in [4.78, 5) is 64.3. The minimum Gasteiger partial charge on any atom is -0.451 e. The van der Waals surface area contributed by atoms with Crippen LogP contribution in [0.1, 0.15) is 162 Å². The molecule has 0 saturated carbocycles. The number of aliphatic hydroxyl groups excluding tert-OH is 2. The van der Waals surface area contributed by atoms with Gasteiger partial charge in [-0.2, -0.15) is 9.97 Å². The number of nitrogens with two attached hydrogens (primary N) is 5. The maximum atomic E-state index is 9.73. The van der Waals surface area contributed by atoms with E-state index in [1.54, 1.807) is 76.2 Å². The molecule has 0 aromatic carbocycles. The van der Waals surface area contributed by atoms with Crippen molar-refractivity contribution in [3.63, 3.8) is 0 Å². The Morgan fingerprint density at radius 2 is 0.982 bits per heavy atom. The third-order valence-electron chi connectivity index (χ3n) is 15.5. The van der Waals surface area contributed by atoms with Crippen molar-refractivity contribution in [2.75, 3.05) is 66.2 Å². The highest BCUT2D eigenvalue weighted by Gasteiger charge is 2.20. The fourth-order valence-corrected chi connectivity index (χ4v) is 9.89. The number of ether oxygens (including phenoxy) is 5. The van der Waals surface area contributed by atoms with Gasteiger partial charge in [0.05, 0.1) is 55.4 Å². The van der Waals surface area contributed by atoms with E-state index in [0.29, 0.717) is 133 Å². The first-order chi connectivity index (χ1) is 52.8. The molecular formula is C78H96BrClN24O7. The van der Waals surface area contributed by atoms with Gasteiger partial charge in [0.1, 0.15) is 67.4 Å². The van der Waals surface area contributed by atoms with Crippen LogP contribution in [-0.2, 0) is 6.54 Å². The molecule has 0 aliphatic rings. The molecule has 0 saturated heterocycles. The van der Waals surface area contributed by atoms with Gasteiger partial charge in [0, 0.05) is 102 Å². The van der Waals surface area contributed by atoms with E-state index in [2.05, 4.69) is 164 Å². The largest absolute Gasteiger partial charge is 0.451 e. The highest BCUT2D eigenvalue weighted by molar-refractivity contribution is 9.10. The lowest BCUT2D eigenvalue weighted by molar-refractivity contribution is 0.183. The van der Waals surface area contributed by atoms with E-state index in [9.17, 15) is 10.2 Å². The zero-order chi connectivity index (χ0) is 81.8. The van der Waals surface area contributed by atoms with Crippen LogP contribution in [0.4, 0.5) is 41.0 Å². The van der Waals surface area contributed by atoms with Gasteiger partial charge in [-0.15, -0.1) is 12.8 Å². The van der Waals surface area contributed by atoms with Gasteiger partial charge in [-0.25, -0.2) is 65.7 Å². The Labute approximate surface area is 660 Å². The summed E-state index contributed by atoms with van der Waals surface area (Å²) in [6.07, 6.45) is 27.8. The zero-order valence-electron chi connectivity index (χ0n) is 64.9. The number of nitrogens with one attached hydrogen (secondary N) is 3. The first-order valence-electron chi connectivity index (χ1n) is 34.9. The number of aromatic nitrogens is 15. The number of aliphatic hydroxyl groups is 2. The van der Waals surface area contributed by atoms with Crippen molar-refractivity contribution in [1.29, 1.82) is 0 Å². The molecule has 0 fully saturated rings. The fraction of sp³-hybridized carbons (Fsp3) is 0.321. The van der Waals surface area contributed by atoms with Crippen LogP contribution in [0.5, 0.6) is 57.5 Å². The number of hydrogen-bond acceptors (Lipinski definition) is 31. The Morgan fingerprint density at radius 1 is 0.541 bits per heavy atom. The first-order valence-corrected chi connectivity index (χ1v) is 36.1. The van der Waals surface area contributed by atoms with Gasteiger partial charge in [0.15, 0.2) is 57.8 Å². The number of halogens is 2. The van der Waals surface area contributed by atoms with Crippen LogP contribution in [-0.4, -0.2) is 129 Å². The SMILES string of the molecule is C#Cc1cc(Oc2cnc(C)nc2N)c(C(=C)C)cn1.C#Cc1cc(Oc2cnc(N)nc2NCC(O)CC)c(C(=C)C)cn1.CCC(CO)Nc1ncc(Oc2cc(Cl)ncc2C(C)C)c(N)n1.Cc1ncc(Oc2cc(Br)ncc2C(C)C)c(NN)n1.Cc1ncc(Oc2cc(CN(C)C)ncc2C(C)C)c(N)n1. The molecule has 2 atom stereocenters. The Bertz CT molecular complexity index is 4900. The lowest BCUT2D eigenvalue weighted by Gasteiger charge is -2.16. The van der Waals surface area contributed by atoms with E-state index >= 15 is 0 Å². The van der Waals surface area contributed by atoms with E-state index in [0.717, 1.165) is 63.4 Å². The molecule has 10 heterocycles. The molecule has 111 heavy (non-hydrogen) atoms. The molecule has 15 N–H and O–H groups in total. The zero-order valence-corrected chi connectivity index (χ0v) is 67.2. The van der Waals surface area contributed by atoms with Crippen molar-refractivity contribution in [3.05, 3.63) is 178 Å². The molecule has 0 spiro atoms. The maximum absolute atomic E-state index is 9.73. The van der Waals surface area contributed by atoms with Crippen molar-refractivity contribution in [3.8, 4) is 82.2 Å². The number of allylic oxidation sites excluding steroid dienone is 2. The van der Waals surface area contributed by atoms with Crippen LogP contribution in [0, 0.1) is 45.5 Å². The third kappa shape index (κ3) is 26.9. The van der Waals surface area contributed by atoms with Gasteiger partial charge < -0.3 is 77.8 Å². The van der Waals surface area contributed by atoms with Gasteiger partial charge in [0.2, 0.25) is 11.9 Å². The van der Waals surface area contributed by atoms with Gasteiger partial charge in [0.25, 0.3) is 0 Å². The predicted octanol–water partition coefficient (Wildman–Crippen LogP) is 14.1. The number of rotatable bonds is 26. The van der Waals surface area contributed by atoms with Gasteiger partial charge in [-0.05, 0) is 106 Å². The second kappa shape index (κ2) is 42.6. The van der Waals surface area contributed by atoms with Crippen LogP contribution >= 0.6 is 27.5 Å². The Kier molecular flexibility index (Phi) is 33.8. The second-order valence-electron chi connectivity index (χ2n) is 25.9. The topological polar surface area (TPSA) is 449 Å². The predicted molar refractivity (Wildman–Crippen MR) is 439 cm³/mol. The van der Waals surface area contributed by atoms with Gasteiger partial charge in [-0.1, -0.05) is 92.0 Å². The molecule has 0 aliphatic carbocycles. The van der Waals surface area contributed by atoms with Crippen LogP contribution < -0.4 is 68.5 Å². The summed E-state index contributed by atoms with van der Waals surface area (Å²) in [5.74, 6) is 20.1. The molecule has 0 amide bonds. The van der Waals surface area contributed by atoms with Crippen molar-refractivity contribution >= 4 is 79.7 Å². The molecule has 31 nitrogen and oxygen atoms in total. The summed E-state index contributed by atoms with van der Waals surface area (Å²) < 4.78 is 30.1. The summed E-state index contributed by atoms with van der Waals surface area (Å²) in [6.45, 7) is 34.1. The molecule has 10 rings (SSSR count). The number of anilines is 7. The maximum Gasteiger partial charge on any atom is 0.225 e. The first kappa shape index (κ1) is 87.9. The highest BCUT2D eigenvalue weighted by atomic mass is 79.9. The summed E-state index contributed by atoms with van der Waals surface area (Å²) in [5, 5.41) is 25.3. The van der Waals surface area contributed by atoms with Crippen LogP contribution in [0.3, 0.4) is 0 Å². The van der Waals surface area contributed by atoms with Crippen molar-refractivity contribution in [2.45, 2.75) is 139 Å². The molecule has 0 radical (unpaired) electrons. The monoisotopic (exact) mass is 1590 g/mol. The van der Waals surface area contributed by atoms with Crippen LogP contribution in [0.15, 0.2) is 110 Å². The van der Waals surface area contributed by atoms with Crippen LogP contribution in [0.25, 0.3) is 11.1 Å². The molecule has 0 bridgehead atoms. The average molecular weight is 1600 g/mol. The third-order valence-corrected chi connectivity index (χ3v) is 16.1. The second-order valence-corrected chi connectivity index (χ2v) is 27.1. The van der Waals surface area contributed by atoms with Gasteiger partial charge in [-0.3, -0.25) is 4.98 Å². The normalized spacial score (nSPS) is 11.2. The lowest BCUT2D eigenvalue weighted by Crippen LogP contribution is -2.24. The quantitative estimate of drug-likeness (QED) is 0.0104. The summed E-state index contributed by atoms with van der Waals surface area (Å²) in [6, 6.07) is 8.59. The molecule has 0 aliphatic heterocycles. The molecule has 33 heteroatoms. The number of terminal acetylenes is 2. The Balaban J connectivity index is 0.000000217. The minimum absolute atomic E-state index is 0.00865. The number of nitrogen functional groups attached to an aromatic ring is 5. The molecular weight excluding hydrogens is 1500 g/mol. The minimum atomic E-state index is -0.510. The lowest BCUT2D eigenvalue weighted by atomic mass is 10.0. The highest BCUT2D eigenvalue weighted by Crippen LogP contribution is 2.39. The number of pyridine rings is 5. The smallest absolute Gasteiger partial charge is 0.225 e. The molecule has 584 valence electrons. The standard InChI is InChI=1S/C18H21N5O2.C16H22ClN5O2.C16H23N5O.C15H14N4O.C13H16BrN5O/c1-5-12-7-15(14(9-20-12)11(3)4)25-16-10-22-18(19)23-17(16)21-8-13(24)6-2;1-4-10(8-23)21-16-20-7-13(15(18)22-16)24-12-5-14(17)19-6-11(12)9(2)3;1-10(2)13-7-19-12(9-21(4)5)6-14(13)22-15-8-18-11(3)20-16(15)17;1-5-11-6-13(12(7-18-11)9(2)3)20-14-8-17-10(4)19-15(14)16;1-7(2)9-5-17-12(14)4-10(9)20-11-6-16-8(3)18-13(11)19-15/h1,7,9-10,13,24H,3,6,8H2,2,4H3,(H3,19,21,22,23);5-7,9-10,23H,4,8H2,1-3H3,(H3,18,20,21,22);6-8,10H,9H2,1-5H3,(H2,17,18,20);1,6-8H,2H2,3-4H3,(H2,16,17,19);4-7H,15H2,1-3H3,(H,16,18,19).